The van der Waals surface area contributed by atoms with Gasteiger partial charge in [-0.05, 0) is 6.92 Å². The first kappa shape index (κ1) is 13.7. The Kier molecular flexibility index (Phi) is 5.70. The molecule has 9 heteroatoms. The van der Waals surface area contributed by atoms with Gasteiger partial charge in [0.2, 0.25) is 11.0 Å². The molecule has 0 bridgehead atoms. The molecule has 0 aliphatic rings. The van der Waals surface area contributed by atoms with Gasteiger partial charge in [0, 0.05) is 18.7 Å². The lowest BCUT2D eigenvalue weighted by Gasteiger charge is -1.98. The van der Waals surface area contributed by atoms with Crippen molar-refractivity contribution in [2.24, 2.45) is 5.73 Å². The molecule has 1 aromatic heterocycles. The van der Waals surface area contributed by atoms with Crippen molar-refractivity contribution in [3.8, 4) is 0 Å². The Morgan fingerprint density at radius 2 is 2.24 bits per heavy atom. The van der Waals surface area contributed by atoms with Gasteiger partial charge in [-0.1, -0.05) is 23.1 Å². The summed E-state index contributed by atoms with van der Waals surface area (Å²) in [5.41, 5.74) is 4.81. The Bertz CT molecular complexity index is 395. The fourth-order valence-electron chi connectivity index (χ4n) is 0.922. The van der Waals surface area contributed by atoms with Gasteiger partial charge in [-0.15, -0.1) is 10.2 Å². The van der Waals surface area contributed by atoms with E-state index in [-0.39, 0.29) is 12.3 Å². The van der Waals surface area contributed by atoms with Crippen LogP contribution in [0.25, 0.3) is 0 Å². The molecule has 0 unspecified atom stereocenters. The van der Waals surface area contributed by atoms with Crippen LogP contribution in [0.4, 0.5) is 9.93 Å². The number of rotatable bonds is 6. The van der Waals surface area contributed by atoms with E-state index in [0.717, 1.165) is 16.0 Å². The lowest BCUT2D eigenvalue weighted by molar-refractivity contribution is -0.119. The molecule has 0 atom stereocenters. The second kappa shape index (κ2) is 7.07. The second-order valence-electron chi connectivity index (χ2n) is 2.91. The second-order valence-corrected chi connectivity index (χ2v) is 5.23. The minimum atomic E-state index is -0.828. The molecule has 0 saturated heterocycles. The van der Waals surface area contributed by atoms with Crippen LogP contribution in [0.5, 0.6) is 0 Å². The van der Waals surface area contributed by atoms with E-state index in [0.29, 0.717) is 5.75 Å². The van der Waals surface area contributed by atoms with Crippen molar-refractivity contribution in [2.45, 2.75) is 17.7 Å². The fourth-order valence-corrected chi connectivity index (χ4v) is 2.75. The first-order valence-corrected chi connectivity index (χ1v) is 6.71. The third kappa shape index (κ3) is 5.50. The van der Waals surface area contributed by atoms with Crippen LogP contribution in [0, 0.1) is 0 Å². The molecule has 0 spiro atoms. The molecule has 0 aromatic carbocycles. The van der Waals surface area contributed by atoms with Gasteiger partial charge in [-0.2, -0.15) is 0 Å². The highest BCUT2D eigenvalue weighted by Gasteiger charge is 2.07. The molecule has 94 valence electrons. The van der Waals surface area contributed by atoms with E-state index < -0.39 is 6.03 Å². The number of aromatic nitrogens is 2. The van der Waals surface area contributed by atoms with Crippen LogP contribution in [0.3, 0.4) is 0 Å². The van der Waals surface area contributed by atoms with Gasteiger partial charge in [0.15, 0.2) is 4.34 Å². The molecule has 0 aliphatic heterocycles. The van der Waals surface area contributed by atoms with Gasteiger partial charge in [0.25, 0.3) is 0 Å². The smallest absolute Gasteiger partial charge is 0.318 e. The monoisotopic (exact) mass is 275 g/mol. The summed E-state index contributed by atoms with van der Waals surface area (Å²) in [6, 6.07) is -0.828. The maximum atomic E-state index is 11.1. The first-order valence-electron chi connectivity index (χ1n) is 4.91. The number of imide groups is 1. The van der Waals surface area contributed by atoms with Gasteiger partial charge >= 0.3 is 6.03 Å². The number of anilines is 1. The Labute approximate surface area is 107 Å². The van der Waals surface area contributed by atoms with Crippen LogP contribution in [0.2, 0.25) is 0 Å². The maximum Gasteiger partial charge on any atom is 0.318 e. The molecule has 1 heterocycles. The standard InChI is InChI=1S/C8H13N5O2S2/c1-2-10-7-12-13-8(17-7)16-4-3-5(14)11-6(9)15/h2-4H2,1H3,(H,10,12)(H3,9,11,14,15). The van der Waals surface area contributed by atoms with Crippen LogP contribution in [0.15, 0.2) is 4.34 Å². The topological polar surface area (TPSA) is 110 Å². The zero-order valence-electron chi connectivity index (χ0n) is 9.23. The number of urea groups is 1. The minimum absolute atomic E-state index is 0.212. The fraction of sp³-hybridized carbons (Fsp3) is 0.500. The first-order chi connectivity index (χ1) is 8.11. The Morgan fingerprint density at radius 3 is 2.88 bits per heavy atom. The third-order valence-electron chi connectivity index (χ3n) is 1.55. The molecule has 0 fully saturated rings. The van der Waals surface area contributed by atoms with Crippen molar-refractivity contribution in [1.82, 2.24) is 15.5 Å². The normalized spacial score (nSPS) is 9.94. The summed E-state index contributed by atoms with van der Waals surface area (Å²) in [4.78, 5) is 21.5. The summed E-state index contributed by atoms with van der Waals surface area (Å²) in [7, 11) is 0. The number of hydrogen-bond acceptors (Lipinski definition) is 7. The largest absolute Gasteiger partial charge is 0.360 e. The lowest BCUT2D eigenvalue weighted by atomic mass is 10.4. The van der Waals surface area contributed by atoms with E-state index >= 15 is 0 Å². The number of carbonyl (C=O) groups excluding carboxylic acids is 2. The van der Waals surface area contributed by atoms with E-state index in [9.17, 15) is 9.59 Å². The molecule has 3 amide bonds. The van der Waals surface area contributed by atoms with Crippen molar-refractivity contribution in [3.05, 3.63) is 0 Å². The quantitative estimate of drug-likeness (QED) is 0.657. The van der Waals surface area contributed by atoms with Gasteiger partial charge < -0.3 is 11.1 Å². The molecular weight excluding hydrogens is 262 g/mol. The third-order valence-corrected chi connectivity index (χ3v) is 3.57. The molecule has 0 saturated carbocycles. The van der Waals surface area contributed by atoms with Gasteiger partial charge in [-0.25, -0.2) is 4.79 Å². The van der Waals surface area contributed by atoms with Crippen LogP contribution >= 0.6 is 23.1 Å². The van der Waals surface area contributed by atoms with E-state index in [1.807, 2.05) is 12.2 Å². The zero-order valence-corrected chi connectivity index (χ0v) is 10.9. The zero-order chi connectivity index (χ0) is 12.7. The number of nitrogens with zero attached hydrogens (tertiary/aromatic N) is 2. The Morgan fingerprint density at radius 1 is 1.47 bits per heavy atom. The predicted octanol–water partition coefficient (Wildman–Crippen LogP) is 0.647. The van der Waals surface area contributed by atoms with Gasteiger partial charge in [0.1, 0.15) is 0 Å². The van der Waals surface area contributed by atoms with Crippen LogP contribution < -0.4 is 16.4 Å². The number of primary amides is 1. The molecule has 0 radical (unpaired) electrons. The summed E-state index contributed by atoms with van der Waals surface area (Å²) in [6.45, 7) is 2.77. The number of nitrogens with two attached hydrogens (primary N) is 1. The minimum Gasteiger partial charge on any atom is -0.360 e. The SMILES string of the molecule is CCNc1nnc(SCCC(=O)NC(N)=O)s1. The van der Waals surface area contributed by atoms with E-state index in [1.165, 1.54) is 23.1 Å². The number of amides is 3. The molecule has 7 nitrogen and oxygen atoms in total. The average molecular weight is 275 g/mol. The van der Waals surface area contributed by atoms with E-state index in [2.05, 4.69) is 15.5 Å². The highest BCUT2D eigenvalue weighted by molar-refractivity contribution is 8.01. The maximum absolute atomic E-state index is 11.1. The molecular formula is C8H13N5O2S2. The van der Waals surface area contributed by atoms with Crippen molar-refractivity contribution in [1.29, 1.82) is 0 Å². The van der Waals surface area contributed by atoms with Crippen molar-refractivity contribution in [3.63, 3.8) is 0 Å². The lowest BCUT2D eigenvalue weighted by Crippen LogP contribution is -2.35. The van der Waals surface area contributed by atoms with Crippen molar-refractivity contribution < 1.29 is 9.59 Å². The van der Waals surface area contributed by atoms with E-state index in [1.54, 1.807) is 0 Å². The summed E-state index contributed by atoms with van der Waals surface area (Å²) in [5.74, 6) is 0.140. The van der Waals surface area contributed by atoms with Crippen molar-refractivity contribution in [2.75, 3.05) is 17.6 Å². The van der Waals surface area contributed by atoms with Crippen molar-refractivity contribution >= 4 is 40.2 Å². The van der Waals surface area contributed by atoms with Gasteiger partial charge in [-0.3, -0.25) is 10.1 Å². The molecule has 0 aliphatic carbocycles. The Hall–Kier alpha value is -1.35. The number of carbonyl (C=O) groups is 2. The van der Waals surface area contributed by atoms with Crippen LogP contribution in [0.1, 0.15) is 13.3 Å². The molecule has 1 aromatic rings. The van der Waals surface area contributed by atoms with Crippen LogP contribution in [-0.4, -0.2) is 34.4 Å². The highest BCUT2D eigenvalue weighted by Crippen LogP contribution is 2.25. The summed E-state index contributed by atoms with van der Waals surface area (Å²) in [6.07, 6.45) is 0.212. The number of hydrogen-bond donors (Lipinski definition) is 3. The summed E-state index contributed by atoms with van der Waals surface area (Å²) in [5, 5.41) is 13.7. The molecule has 17 heavy (non-hydrogen) atoms. The predicted molar refractivity (Wildman–Crippen MR) is 67.1 cm³/mol. The highest BCUT2D eigenvalue weighted by atomic mass is 32.2. The molecule has 4 N–H and O–H groups in total. The summed E-state index contributed by atoms with van der Waals surface area (Å²) >= 11 is 2.84. The average Bonchev–Trinajstić information content (AvgIpc) is 2.65. The van der Waals surface area contributed by atoms with Gasteiger partial charge in [0.05, 0.1) is 0 Å². The van der Waals surface area contributed by atoms with E-state index in [4.69, 9.17) is 5.73 Å². The number of nitrogens with one attached hydrogen (secondary N) is 2. The summed E-state index contributed by atoms with van der Waals surface area (Å²) < 4.78 is 0.785. The Balaban J connectivity index is 2.25. The molecule has 1 rings (SSSR count). The number of thioether (sulfide) groups is 1. The van der Waals surface area contributed by atoms with Crippen LogP contribution in [-0.2, 0) is 4.79 Å².